The molecule has 4 nitrogen and oxygen atoms in total. The van der Waals surface area contributed by atoms with Gasteiger partial charge in [-0.15, -0.1) is 0 Å². The van der Waals surface area contributed by atoms with Gasteiger partial charge in [-0.05, 0) is 11.8 Å². The summed E-state index contributed by atoms with van der Waals surface area (Å²) in [5.74, 6) is -3.82. The Morgan fingerprint density at radius 3 is 1.58 bits per heavy atom. The van der Waals surface area contributed by atoms with Crippen LogP contribution in [0.4, 0.5) is 0 Å². The molecule has 0 fully saturated rings. The van der Waals surface area contributed by atoms with Crippen molar-refractivity contribution in [3.05, 3.63) is 0 Å². The van der Waals surface area contributed by atoms with Crippen molar-refractivity contribution in [3.63, 3.8) is 0 Å². The van der Waals surface area contributed by atoms with Gasteiger partial charge in [-0.2, -0.15) is 0 Å². The van der Waals surface area contributed by atoms with Crippen molar-refractivity contribution in [1.29, 1.82) is 0 Å². The van der Waals surface area contributed by atoms with E-state index < -0.39 is 17.9 Å². The zero-order valence-electron chi connectivity index (χ0n) is 7.50. The van der Waals surface area contributed by atoms with Gasteiger partial charge in [0.05, 0.1) is 0 Å². The largest absolute Gasteiger partial charge is 0.481 e. The second-order valence-electron chi connectivity index (χ2n) is 3.99. The van der Waals surface area contributed by atoms with E-state index in [2.05, 4.69) is 0 Å². The Hall–Kier alpha value is -1.06. The first-order chi connectivity index (χ1) is 5.24. The van der Waals surface area contributed by atoms with Crippen LogP contribution in [0.3, 0.4) is 0 Å². The standard InChI is InChI=1S/C8H14O4/c1-8(2,3)4-5(6(9)10)7(11)12/h5H,4H2,1-3H3,(H,9,10)(H,11,12). The van der Waals surface area contributed by atoms with Gasteiger partial charge < -0.3 is 10.2 Å². The zero-order chi connectivity index (χ0) is 9.94. The Kier molecular flexibility index (Phi) is 3.24. The third-order valence-corrected chi connectivity index (χ3v) is 1.41. The predicted molar refractivity (Wildman–Crippen MR) is 42.8 cm³/mol. The van der Waals surface area contributed by atoms with Crippen LogP contribution in [0.25, 0.3) is 0 Å². The van der Waals surface area contributed by atoms with Gasteiger partial charge in [0.15, 0.2) is 5.92 Å². The lowest BCUT2D eigenvalue weighted by atomic mass is 9.85. The first-order valence-electron chi connectivity index (χ1n) is 3.69. The highest BCUT2D eigenvalue weighted by atomic mass is 16.4. The van der Waals surface area contributed by atoms with Gasteiger partial charge in [0.2, 0.25) is 0 Å². The van der Waals surface area contributed by atoms with Crippen molar-refractivity contribution >= 4 is 11.9 Å². The fraction of sp³-hybridized carbons (Fsp3) is 0.750. The number of carboxylic acid groups (broad SMARTS) is 2. The van der Waals surface area contributed by atoms with Crippen LogP contribution in [0.2, 0.25) is 0 Å². The number of carboxylic acids is 2. The fourth-order valence-electron chi connectivity index (χ4n) is 0.893. The van der Waals surface area contributed by atoms with E-state index in [1.54, 1.807) is 0 Å². The smallest absolute Gasteiger partial charge is 0.317 e. The molecule has 0 unspecified atom stereocenters. The number of carbonyl (C=O) groups is 2. The van der Waals surface area contributed by atoms with Gasteiger partial charge in [-0.1, -0.05) is 20.8 Å². The van der Waals surface area contributed by atoms with Crippen LogP contribution in [-0.2, 0) is 9.59 Å². The normalized spacial score (nSPS) is 11.7. The average Bonchev–Trinajstić information content (AvgIpc) is 1.79. The van der Waals surface area contributed by atoms with E-state index in [9.17, 15) is 9.59 Å². The Labute approximate surface area is 71.2 Å². The average molecular weight is 174 g/mol. The molecule has 0 radical (unpaired) electrons. The molecule has 0 saturated heterocycles. The summed E-state index contributed by atoms with van der Waals surface area (Å²) in [4.78, 5) is 20.9. The van der Waals surface area contributed by atoms with Crippen LogP contribution in [-0.4, -0.2) is 22.2 Å². The molecule has 0 aromatic rings. The predicted octanol–water partition coefficient (Wildman–Crippen LogP) is 1.21. The molecule has 0 bridgehead atoms. The quantitative estimate of drug-likeness (QED) is 0.630. The van der Waals surface area contributed by atoms with Crippen molar-refractivity contribution in [3.8, 4) is 0 Å². The minimum atomic E-state index is -1.29. The summed E-state index contributed by atoms with van der Waals surface area (Å²) in [6.07, 6.45) is 0.150. The number of aliphatic carboxylic acids is 2. The summed E-state index contributed by atoms with van der Waals surface area (Å²) in [6.45, 7) is 5.43. The Morgan fingerprint density at radius 2 is 1.50 bits per heavy atom. The van der Waals surface area contributed by atoms with Crippen LogP contribution in [0, 0.1) is 11.3 Å². The van der Waals surface area contributed by atoms with E-state index in [0.717, 1.165) is 0 Å². The lowest BCUT2D eigenvalue weighted by Crippen LogP contribution is -2.27. The zero-order valence-corrected chi connectivity index (χ0v) is 7.50. The van der Waals surface area contributed by atoms with Gasteiger partial charge >= 0.3 is 11.9 Å². The van der Waals surface area contributed by atoms with Crippen LogP contribution >= 0.6 is 0 Å². The van der Waals surface area contributed by atoms with Crippen molar-refractivity contribution in [2.24, 2.45) is 11.3 Å². The van der Waals surface area contributed by atoms with Gasteiger partial charge in [0.25, 0.3) is 0 Å². The highest BCUT2D eigenvalue weighted by molar-refractivity contribution is 5.92. The van der Waals surface area contributed by atoms with Crippen molar-refractivity contribution in [2.75, 3.05) is 0 Å². The molecule has 0 rings (SSSR count). The molecule has 0 aliphatic carbocycles. The molecule has 4 heteroatoms. The molecule has 0 atom stereocenters. The van der Waals surface area contributed by atoms with Crippen LogP contribution < -0.4 is 0 Å². The third-order valence-electron chi connectivity index (χ3n) is 1.41. The highest BCUT2D eigenvalue weighted by Crippen LogP contribution is 2.24. The summed E-state index contributed by atoms with van der Waals surface area (Å²) in [5, 5.41) is 17.1. The van der Waals surface area contributed by atoms with Crippen LogP contribution in [0.1, 0.15) is 27.2 Å². The van der Waals surface area contributed by atoms with E-state index in [-0.39, 0.29) is 11.8 Å². The van der Waals surface area contributed by atoms with Crippen LogP contribution in [0.5, 0.6) is 0 Å². The molecule has 2 N–H and O–H groups in total. The second kappa shape index (κ2) is 3.56. The van der Waals surface area contributed by atoms with E-state index in [4.69, 9.17) is 10.2 Å². The maximum absolute atomic E-state index is 10.4. The number of hydrogen-bond donors (Lipinski definition) is 2. The Bertz CT molecular complexity index is 176. The van der Waals surface area contributed by atoms with E-state index in [1.165, 1.54) is 0 Å². The Morgan fingerprint density at radius 1 is 1.17 bits per heavy atom. The third kappa shape index (κ3) is 3.95. The Balaban J connectivity index is 4.35. The molecular formula is C8H14O4. The molecule has 70 valence electrons. The SMILES string of the molecule is CC(C)(C)CC(C(=O)O)C(=O)O. The molecule has 0 spiro atoms. The molecular weight excluding hydrogens is 160 g/mol. The van der Waals surface area contributed by atoms with E-state index in [1.807, 2.05) is 20.8 Å². The number of hydrogen-bond acceptors (Lipinski definition) is 2. The summed E-state index contributed by atoms with van der Waals surface area (Å²) < 4.78 is 0. The maximum atomic E-state index is 10.4. The lowest BCUT2D eigenvalue weighted by Gasteiger charge is -2.20. The van der Waals surface area contributed by atoms with Crippen LogP contribution in [0.15, 0.2) is 0 Å². The molecule has 0 saturated carbocycles. The van der Waals surface area contributed by atoms with Crippen molar-refractivity contribution in [1.82, 2.24) is 0 Å². The summed E-state index contributed by atoms with van der Waals surface area (Å²) in [7, 11) is 0. The first-order valence-corrected chi connectivity index (χ1v) is 3.69. The minimum Gasteiger partial charge on any atom is -0.481 e. The van der Waals surface area contributed by atoms with Gasteiger partial charge in [-0.25, -0.2) is 0 Å². The van der Waals surface area contributed by atoms with E-state index in [0.29, 0.717) is 0 Å². The maximum Gasteiger partial charge on any atom is 0.317 e. The molecule has 0 aromatic carbocycles. The van der Waals surface area contributed by atoms with Crippen molar-refractivity contribution < 1.29 is 19.8 Å². The molecule has 0 aliphatic heterocycles. The summed E-state index contributed by atoms with van der Waals surface area (Å²) in [5.41, 5.74) is -0.276. The summed E-state index contributed by atoms with van der Waals surface area (Å²) >= 11 is 0. The second-order valence-corrected chi connectivity index (χ2v) is 3.99. The molecule has 0 aliphatic rings. The summed E-state index contributed by atoms with van der Waals surface area (Å²) in [6, 6.07) is 0. The topological polar surface area (TPSA) is 74.6 Å². The number of rotatable bonds is 3. The van der Waals surface area contributed by atoms with Gasteiger partial charge in [-0.3, -0.25) is 9.59 Å². The van der Waals surface area contributed by atoms with Crippen molar-refractivity contribution in [2.45, 2.75) is 27.2 Å². The highest BCUT2D eigenvalue weighted by Gasteiger charge is 2.30. The molecule has 0 heterocycles. The fourth-order valence-corrected chi connectivity index (χ4v) is 0.893. The van der Waals surface area contributed by atoms with Gasteiger partial charge in [0, 0.05) is 0 Å². The molecule has 12 heavy (non-hydrogen) atoms. The molecule has 0 amide bonds. The monoisotopic (exact) mass is 174 g/mol. The minimum absolute atomic E-state index is 0.150. The first kappa shape index (κ1) is 10.9. The lowest BCUT2D eigenvalue weighted by molar-refractivity contribution is -0.155. The van der Waals surface area contributed by atoms with E-state index >= 15 is 0 Å². The van der Waals surface area contributed by atoms with Gasteiger partial charge in [0.1, 0.15) is 0 Å². The molecule has 0 aromatic heterocycles.